The Morgan fingerprint density at radius 2 is 1.95 bits per heavy atom. The van der Waals surface area contributed by atoms with Crippen LogP contribution in [0.4, 0.5) is 0 Å². The van der Waals surface area contributed by atoms with Gasteiger partial charge in [-0.2, -0.15) is 0 Å². The van der Waals surface area contributed by atoms with E-state index in [9.17, 15) is 9.59 Å². The number of carbonyl (C=O) groups is 2. The Kier molecular flexibility index (Phi) is 7.90. The van der Waals surface area contributed by atoms with Crippen LogP contribution in [0.15, 0.2) is 30.3 Å². The summed E-state index contributed by atoms with van der Waals surface area (Å²) < 4.78 is 0. The Morgan fingerprint density at radius 3 is 2.52 bits per heavy atom. The fourth-order valence-electron chi connectivity index (χ4n) is 1.88. The van der Waals surface area contributed by atoms with Gasteiger partial charge in [0.15, 0.2) is 0 Å². The zero-order valence-corrected chi connectivity index (χ0v) is 13.4. The molecule has 1 amide bonds. The van der Waals surface area contributed by atoms with Gasteiger partial charge in [-0.15, -0.1) is 11.8 Å². The number of carbonyl (C=O) groups excluding carboxylic acids is 1. The molecular formula is C16H23NO3S. The van der Waals surface area contributed by atoms with Crippen molar-refractivity contribution in [3.05, 3.63) is 35.9 Å². The Hall–Kier alpha value is -1.49. The van der Waals surface area contributed by atoms with Crippen LogP contribution in [0.1, 0.15) is 44.7 Å². The zero-order chi connectivity index (χ0) is 15.7. The quantitative estimate of drug-likeness (QED) is 0.687. The third-order valence-corrected chi connectivity index (χ3v) is 4.37. The predicted molar refractivity (Wildman–Crippen MR) is 86.4 cm³/mol. The van der Waals surface area contributed by atoms with Crippen LogP contribution in [-0.4, -0.2) is 28.0 Å². The van der Waals surface area contributed by atoms with E-state index in [-0.39, 0.29) is 17.6 Å². The number of thioether (sulfide) groups is 1. The molecule has 2 unspecified atom stereocenters. The lowest BCUT2D eigenvalue weighted by Gasteiger charge is -2.20. The SMILES string of the molecule is CCCCSC(C)C(=O)NC(CC(=O)O)c1ccccc1. The first-order valence-corrected chi connectivity index (χ1v) is 8.28. The number of unbranched alkanes of at least 4 members (excludes halogenated alkanes) is 1. The fraction of sp³-hybridized carbons (Fsp3) is 0.500. The summed E-state index contributed by atoms with van der Waals surface area (Å²) in [5.74, 6) is -0.0818. The van der Waals surface area contributed by atoms with E-state index in [1.165, 1.54) is 0 Å². The summed E-state index contributed by atoms with van der Waals surface area (Å²) in [6, 6.07) is 8.74. The summed E-state index contributed by atoms with van der Waals surface area (Å²) in [5, 5.41) is 11.7. The highest BCUT2D eigenvalue weighted by molar-refractivity contribution is 8.00. The molecule has 1 rings (SSSR count). The minimum Gasteiger partial charge on any atom is -0.481 e. The van der Waals surface area contributed by atoms with Gasteiger partial charge in [0.25, 0.3) is 0 Å². The maximum Gasteiger partial charge on any atom is 0.305 e. The molecule has 0 bridgehead atoms. The van der Waals surface area contributed by atoms with E-state index in [0.29, 0.717) is 0 Å². The maximum atomic E-state index is 12.2. The second-order valence-corrected chi connectivity index (χ2v) is 6.38. The smallest absolute Gasteiger partial charge is 0.305 e. The monoisotopic (exact) mass is 309 g/mol. The summed E-state index contributed by atoms with van der Waals surface area (Å²) >= 11 is 1.61. The van der Waals surface area contributed by atoms with Crippen molar-refractivity contribution in [3.63, 3.8) is 0 Å². The lowest BCUT2D eigenvalue weighted by atomic mass is 10.0. The van der Waals surface area contributed by atoms with Crippen molar-refractivity contribution in [1.29, 1.82) is 0 Å². The molecule has 4 nitrogen and oxygen atoms in total. The number of aliphatic carboxylic acids is 1. The van der Waals surface area contributed by atoms with Crippen molar-refractivity contribution in [2.45, 2.75) is 44.4 Å². The number of carboxylic acid groups (broad SMARTS) is 1. The minimum atomic E-state index is -0.921. The van der Waals surface area contributed by atoms with Gasteiger partial charge < -0.3 is 10.4 Å². The molecule has 0 aromatic heterocycles. The van der Waals surface area contributed by atoms with E-state index < -0.39 is 12.0 Å². The summed E-state index contributed by atoms with van der Waals surface area (Å²) in [4.78, 5) is 23.2. The van der Waals surface area contributed by atoms with E-state index in [2.05, 4.69) is 12.2 Å². The molecule has 0 radical (unpaired) electrons. The average Bonchev–Trinajstić information content (AvgIpc) is 2.47. The standard InChI is InChI=1S/C16H23NO3S/c1-3-4-10-21-12(2)16(20)17-14(11-15(18)19)13-8-6-5-7-9-13/h5-9,12,14H,3-4,10-11H2,1-2H3,(H,17,20)(H,18,19). The fourth-order valence-corrected chi connectivity index (χ4v) is 2.91. The summed E-state index contributed by atoms with van der Waals surface area (Å²) in [5.41, 5.74) is 0.819. The van der Waals surface area contributed by atoms with Crippen molar-refractivity contribution < 1.29 is 14.7 Å². The number of hydrogen-bond acceptors (Lipinski definition) is 3. The van der Waals surface area contributed by atoms with Gasteiger partial charge in [-0.25, -0.2) is 0 Å². The highest BCUT2D eigenvalue weighted by Crippen LogP contribution is 2.19. The van der Waals surface area contributed by atoms with Gasteiger partial charge in [-0.1, -0.05) is 43.7 Å². The van der Waals surface area contributed by atoms with Gasteiger partial charge in [0, 0.05) is 0 Å². The Bertz CT molecular complexity index is 450. The minimum absolute atomic E-state index is 0.105. The Balaban J connectivity index is 2.64. The van der Waals surface area contributed by atoms with Crippen LogP contribution in [0.5, 0.6) is 0 Å². The van der Waals surface area contributed by atoms with E-state index in [1.54, 1.807) is 11.8 Å². The van der Waals surface area contributed by atoms with Gasteiger partial charge in [0.2, 0.25) is 5.91 Å². The first-order chi connectivity index (χ1) is 10.0. The van der Waals surface area contributed by atoms with Crippen LogP contribution in [-0.2, 0) is 9.59 Å². The molecule has 21 heavy (non-hydrogen) atoms. The maximum absolute atomic E-state index is 12.2. The lowest BCUT2D eigenvalue weighted by molar-refractivity contribution is -0.137. The summed E-state index contributed by atoms with van der Waals surface area (Å²) in [7, 11) is 0. The molecule has 116 valence electrons. The largest absolute Gasteiger partial charge is 0.481 e. The first kappa shape index (κ1) is 17.6. The molecule has 0 fully saturated rings. The number of hydrogen-bond donors (Lipinski definition) is 2. The van der Waals surface area contributed by atoms with Crippen molar-refractivity contribution in [3.8, 4) is 0 Å². The van der Waals surface area contributed by atoms with E-state index >= 15 is 0 Å². The van der Waals surface area contributed by atoms with Crippen LogP contribution < -0.4 is 5.32 Å². The Morgan fingerprint density at radius 1 is 1.29 bits per heavy atom. The van der Waals surface area contributed by atoms with E-state index in [0.717, 1.165) is 24.2 Å². The molecule has 5 heteroatoms. The average molecular weight is 309 g/mol. The number of nitrogens with one attached hydrogen (secondary N) is 1. The number of benzene rings is 1. The molecule has 2 N–H and O–H groups in total. The van der Waals surface area contributed by atoms with Crippen molar-refractivity contribution in [1.82, 2.24) is 5.32 Å². The van der Waals surface area contributed by atoms with Crippen molar-refractivity contribution >= 4 is 23.6 Å². The molecule has 0 aliphatic heterocycles. The third-order valence-electron chi connectivity index (χ3n) is 3.13. The molecule has 0 aliphatic carbocycles. The summed E-state index contributed by atoms with van der Waals surface area (Å²) in [6.07, 6.45) is 2.08. The molecule has 0 heterocycles. The highest BCUT2D eigenvalue weighted by Gasteiger charge is 2.21. The third kappa shape index (κ3) is 6.67. The lowest BCUT2D eigenvalue weighted by Crippen LogP contribution is -2.35. The normalized spacial score (nSPS) is 13.4. The van der Waals surface area contributed by atoms with Crippen LogP contribution in [0, 0.1) is 0 Å². The van der Waals surface area contributed by atoms with Crippen molar-refractivity contribution in [2.75, 3.05) is 5.75 Å². The predicted octanol–water partition coefficient (Wildman–Crippen LogP) is 3.24. The van der Waals surface area contributed by atoms with Gasteiger partial charge >= 0.3 is 5.97 Å². The number of rotatable bonds is 9. The van der Waals surface area contributed by atoms with Gasteiger partial charge in [0.05, 0.1) is 17.7 Å². The molecule has 0 saturated carbocycles. The first-order valence-electron chi connectivity index (χ1n) is 7.23. The van der Waals surface area contributed by atoms with Crippen LogP contribution in [0.2, 0.25) is 0 Å². The zero-order valence-electron chi connectivity index (χ0n) is 12.5. The molecule has 1 aromatic carbocycles. The van der Waals surface area contributed by atoms with Crippen molar-refractivity contribution in [2.24, 2.45) is 0 Å². The summed E-state index contributed by atoms with van der Waals surface area (Å²) in [6.45, 7) is 3.97. The molecule has 2 atom stereocenters. The van der Waals surface area contributed by atoms with Gasteiger partial charge in [0.1, 0.15) is 0 Å². The van der Waals surface area contributed by atoms with Crippen LogP contribution in [0.25, 0.3) is 0 Å². The molecule has 0 aliphatic rings. The van der Waals surface area contributed by atoms with E-state index in [1.807, 2.05) is 37.3 Å². The van der Waals surface area contributed by atoms with Crippen LogP contribution >= 0.6 is 11.8 Å². The number of carboxylic acids is 1. The molecule has 1 aromatic rings. The Labute approximate surface area is 130 Å². The van der Waals surface area contributed by atoms with Gasteiger partial charge in [-0.05, 0) is 24.7 Å². The second-order valence-electron chi connectivity index (χ2n) is 4.94. The molecular weight excluding hydrogens is 286 g/mol. The molecule has 0 saturated heterocycles. The van der Waals surface area contributed by atoms with Gasteiger partial charge in [-0.3, -0.25) is 9.59 Å². The molecule has 0 spiro atoms. The highest BCUT2D eigenvalue weighted by atomic mass is 32.2. The topological polar surface area (TPSA) is 66.4 Å². The second kappa shape index (κ2) is 9.45. The number of amides is 1. The van der Waals surface area contributed by atoms with E-state index in [4.69, 9.17) is 5.11 Å². The van der Waals surface area contributed by atoms with Crippen LogP contribution in [0.3, 0.4) is 0 Å².